The van der Waals surface area contributed by atoms with Gasteiger partial charge in [-0.3, -0.25) is 0 Å². The highest BCUT2D eigenvalue weighted by molar-refractivity contribution is 5.33. The Hall–Kier alpha value is -1.06. The molecule has 3 nitrogen and oxygen atoms in total. The Morgan fingerprint density at radius 1 is 1.19 bits per heavy atom. The summed E-state index contributed by atoms with van der Waals surface area (Å²) < 4.78 is 5.76. The molecule has 1 atom stereocenters. The summed E-state index contributed by atoms with van der Waals surface area (Å²) in [4.78, 5) is 2.09. The fraction of sp³-hybridized carbons (Fsp3) is 0.538. The van der Waals surface area contributed by atoms with Crippen LogP contribution in [0.4, 0.5) is 0 Å². The minimum Gasteiger partial charge on any atom is -0.492 e. The minimum atomic E-state index is 0.265. The summed E-state index contributed by atoms with van der Waals surface area (Å²) in [6.07, 6.45) is 0. The molecule has 1 unspecified atom stereocenters. The van der Waals surface area contributed by atoms with Gasteiger partial charge < -0.3 is 15.4 Å². The molecular formula is C13H22N2O. The Balaban J connectivity index is 2.60. The SMILES string of the molecule is Cc1cc(C)cc(OCC(CN)N(C)C)c1. The van der Waals surface area contributed by atoms with Crippen LogP contribution in [-0.2, 0) is 0 Å². The third-order valence-electron chi connectivity index (χ3n) is 2.64. The second-order valence-electron chi connectivity index (χ2n) is 4.49. The molecular weight excluding hydrogens is 200 g/mol. The summed E-state index contributed by atoms with van der Waals surface area (Å²) in [5.74, 6) is 0.929. The molecule has 1 rings (SSSR count). The molecule has 0 saturated carbocycles. The number of benzene rings is 1. The zero-order chi connectivity index (χ0) is 12.1. The number of aryl methyl sites for hydroxylation is 2. The highest BCUT2D eigenvalue weighted by atomic mass is 16.5. The largest absolute Gasteiger partial charge is 0.492 e. The van der Waals surface area contributed by atoms with Crippen LogP contribution in [-0.4, -0.2) is 38.2 Å². The van der Waals surface area contributed by atoms with Gasteiger partial charge in [0.1, 0.15) is 12.4 Å². The van der Waals surface area contributed by atoms with E-state index in [-0.39, 0.29) is 6.04 Å². The summed E-state index contributed by atoms with van der Waals surface area (Å²) in [6, 6.07) is 6.51. The van der Waals surface area contributed by atoms with Gasteiger partial charge in [-0.05, 0) is 51.2 Å². The van der Waals surface area contributed by atoms with Crippen LogP contribution in [0, 0.1) is 13.8 Å². The van der Waals surface area contributed by atoms with Gasteiger partial charge >= 0.3 is 0 Å². The van der Waals surface area contributed by atoms with Crippen LogP contribution in [0.2, 0.25) is 0 Å². The fourth-order valence-corrected chi connectivity index (χ4v) is 1.64. The number of rotatable bonds is 5. The fourth-order valence-electron chi connectivity index (χ4n) is 1.64. The van der Waals surface area contributed by atoms with Gasteiger partial charge in [-0.25, -0.2) is 0 Å². The molecule has 90 valence electrons. The first-order chi connectivity index (χ1) is 7.52. The Bertz CT molecular complexity index is 316. The molecule has 0 bridgehead atoms. The molecule has 0 saturated heterocycles. The summed E-state index contributed by atoms with van der Waals surface area (Å²) in [6.45, 7) is 5.39. The molecule has 0 heterocycles. The van der Waals surface area contributed by atoms with Gasteiger partial charge in [0.2, 0.25) is 0 Å². The van der Waals surface area contributed by atoms with E-state index in [4.69, 9.17) is 10.5 Å². The van der Waals surface area contributed by atoms with Crippen LogP contribution in [0.3, 0.4) is 0 Å². The number of hydrogen-bond donors (Lipinski definition) is 1. The molecule has 16 heavy (non-hydrogen) atoms. The van der Waals surface area contributed by atoms with Gasteiger partial charge in [0, 0.05) is 6.54 Å². The van der Waals surface area contributed by atoms with Crippen molar-refractivity contribution < 1.29 is 4.74 Å². The van der Waals surface area contributed by atoms with E-state index in [0.29, 0.717) is 13.2 Å². The van der Waals surface area contributed by atoms with E-state index in [0.717, 1.165) is 5.75 Å². The third-order valence-corrected chi connectivity index (χ3v) is 2.64. The number of likely N-dealkylation sites (N-methyl/N-ethyl adjacent to an activating group) is 1. The van der Waals surface area contributed by atoms with Crippen LogP contribution in [0.1, 0.15) is 11.1 Å². The molecule has 0 aromatic heterocycles. The highest BCUT2D eigenvalue weighted by Crippen LogP contribution is 2.16. The summed E-state index contributed by atoms with van der Waals surface area (Å²) >= 11 is 0. The van der Waals surface area contributed by atoms with Crippen molar-refractivity contribution >= 4 is 0 Å². The molecule has 1 aromatic rings. The van der Waals surface area contributed by atoms with Crippen LogP contribution in [0.25, 0.3) is 0 Å². The second-order valence-corrected chi connectivity index (χ2v) is 4.49. The van der Waals surface area contributed by atoms with E-state index in [1.807, 2.05) is 14.1 Å². The van der Waals surface area contributed by atoms with E-state index in [1.165, 1.54) is 11.1 Å². The predicted molar refractivity (Wildman–Crippen MR) is 67.9 cm³/mol. The lowest BCUT2D eigenvalue weighted by Crippen LogP contribution is -2.39. The van der Waals surface area contributed by atoms with Gasteiger partial charge in [-0.1, -0.05) is 6.07 Å². The van der Waals surface area contributed by atoms with Crippen LogP contribution in [0.5, 0.6) is 5.75 Å². The standard InChI is InChI=1S/C13H22N2O/c1-10-5-11(2)7-13(6-10)16-9-12(8-14)15(3)4/h5-7,12H,8-9,14H2,1-4H3. The van der Waals surface area contributed by atoms with Crippen LogP contribution < -0.4 is 10.5 Å². The zero-order valence-electron chi connectivity index (χ0n) is 10.7. The van der Waals surface area contributed by atoms with Crippen molar-refractivity contribution in [1.82, 2.24) is 4.90 Å². The number of hydrogen-bond acceptors (Lipinski definition) is 3. The maximum absolute atomic E-state index is 5.76. The Kier molecular flexibility index (Phi) is 4.77. The first-order valence-corrected chi connectivity index (χ1v) is 5.60. The van der Waals surface area contributed by atoms with Gasteiger partial charge in [0.15, 0.2) is 0 Å². The van der Waals surface area contributed by atoms with Gasteiger partial charge in [-0.15, -0.1) is 0 Å². The molecule has 0 spiro atoms. The van der Waals surface area contributed by atoms with E-state index >= 15 is 0 Å². The van der Waals surface area contributed by atoms with Gasteiger partial charge in [0.25, 0.3) is 0 Å². The molecule has 0 fully saturated rings. The van der Waals surface area contributed by atoms with Crippen molar-refractivity contribution in [3.63, 3.8) is 0 Å². The molecule has 0 radical (unpaired) electrons. The van der Waals surface area contributed by atoms with Crippen molar-refractivity contribution in [2.24, 2.45) is 5.73 Å². The van der Waals surface area contributed by atoms with Crippen LogP contribution >= 0.6 is 0 Å². The van der Waals surface area contributed by atoms with E-state index < -0.39 is 0 Å². The Morgan fingerprint density at radius 2 is 1.75 bits per heavy atom. The topological polar surface area (TPSA) is 38.5 Å². The maximum atomic E-state index is 5.76. The van der Waals surface area contributed by atoms with Crippen molar-refractivity contribution in [3.8, 4) is 5.75 Å². The molecule has 2 N–H and O–H groups in total. The number of nitrogens with two attached hydrogens (primary N) is 1. The quantitative estimate of drug-likeness (QED) is 0.822. The summed E-state index contributed by atoms with van der Waals surface area (Å²) in [5, 5.41) is 0. The molecule has 3 heteroatoms. The molecule has 0 amide bonds. The number of ether oxygens (including phenoxy) is 1. The van der Waals surface area contributed by atoms with Gasteiger partial charge in [0.05, 0.1) is 6.04 Å². The Morgan fingerprint density at radius 3 is 2.19 bits per heavy atom. The lowest BCUT2D eigenvalue weighted by Gasteiger charge is -2.22. The monoisotopic (exact) mass is 222 g/mol. The molecule has 0 aliphatic carbocycles. The van der Waals surface area contributed by atoms with Crippen LogP contribution in [0.15, 0.2) is 18.2 Å². The first kappa shape index (κ1) is 13.0. The maximum Gasteiger partial charge on any atom is 0.119 e. The summed E-state index contributed by atoms with van der Waals surface area (Å²) in [5.41, 5.74) is 8.13. The Labute approximate surface area is 98.2 Å². The van der Waals surface area contributed by atoms with Crippen molar-refractivity contribution in [2.75, 3.05) is 27.2 Å². The highest BCUT2D eigenvalue weighted by Gasteiger charge is 2.09. The van der Waals surface area contributed by atoms with Crippen molar-refractivity contribution in [1.29, 1.82) is 0 Å². The summed E-state index contributed by atoms with van der Waals surface area (Å²) in [7, 11) is 4.03. The third kappa shape index (κ3) is 3.83. The normalized spacial score (nSPS) is 12.9. The van der Waals surface area contributed by atoms with E-state index in [1.54, 1.807) is 0 Å². The smallest absolute Gasteiger partial charge is 0.119 e. The van der Waals surface area contributed by atoms with Crippen molar-refractivity contribution in [2.45, 2.75) is 19.9 Å². The lowest BCUT2D eigenvalue weighted by atomic mass is 10.1. The van der Waals surface area contributed by atoms with Crippen molar-refractivity contribution in [3.05, 3.63) is 29.3 Å². The minimum absolute atomic E-state index is 0.265. The predicted octanol–water partition coefficient (Wildman–Crippen LogP) is 1.57. The average Bonchev–Trinajstić information content (AvgIpc) is 2.16. The first-order valence-electron chi connectivity index (χ1n) is 5.60. The van der Waals surface area contributed by atoms with E-state index in [2.05, 4.69) is 36.9 Å². The lowest BCUT2D eigenvalue weighted by molar-refractivity contribution is 0.190. The van der Waals surface area contributed by atoms with E-state index in [9.17, 15) is 0 Å². The zero-order valence-corrected chi connectivity index (χ0v) is 10.7. The molecule has 1 aromatic carbocycles. The second kappa shape index (κ2) is 5.87. The average molecular weight is 222 g/mol. The molecule has 0 aliphatic rings. The number of nitrogens with zero attached hydrogens (tertiary/aromatic N) is 1. The van der Waals surface area contributed by atoms with Gasteiger partial charge in [-0.2, -0.15) is 0 Å². The molecule has 0 aliphatic heterocycles.